The van der Waals surface area contributed by atoms with Gasteiger partial charge in [-0.05, 0) is 68.6 Å². The highest BCUT2D eigenvalue weighted by atomic mass is 19.4. The minimum absolute atomic E-state index is 0.00333. The molecule has 9 nitrogen and oxygen atoms in total. The lowest BCUT2D eigenvalue weighted by Crippen LogP contribution is -2.58. The number of alkyl halides is 3. The molecule has 0 unspecified atom stereocenters. The number of hydrogen-bond donors (Lipinski definition) is 3. The Morgan fingerprint density at radius 2 is 1.67 bits per heavy atom. The van der Waals surface area contributed by atoms with Gasteiger partial charge in [0.25, 0.3) is 0 Å². The van der Waals surface area contributed by atoms with E-state index in [1.54, 1.807) is 26.2 Å². The first-order valence-corrected chi connectivity index (χ1v) is 16.1. The van der Waals surface area contributed by atoms with E-state index in [2.05, 4.69) is 24.5 Å². The molecule has 0 aromatic heterocycles. The second kappa shape index (κ2) is 21.1. The number of carbonyl (C=O) groups excluding carboxylic acids is 2. The predicted molar refractivity (Wildman–Crippen MR) is 168 cm³/mol. The summed E-state index contributed by atoms with van der Waals surface area (Å²) in [6, 6.07) is 4.92. The summed E-state index contributed by atoms with van der Waals surface area (Å²) in [7, 11) is 1.56. The van der Waals surface area contributed by atoms with Crippen LogP contribution >= 0.6 is 0 Å². The molecule has 1 aromatic carbocycles. The standard InChI is InChI=1S/C33H55F3N2O7/c1-7-9-16-37-30(40)32(5,38-31(41)44-18-10-8-2)22-27(39)14-13-26(24(3)4)20-25-12-15-28(45-23-33(34,35)36)29(21-25)43-19-11-17-42-6/h12,15,21,24,26-27,39H,7-11,13-14,16-20,22-23H2,1-6H3,(H,37,40)(H,38,41)/t26-,27-,32+/m0/s1. The van der Waals surface area contributed by atoms with E-state index in [0.29, 0.717) is 45.3 Å². The SMILES string of the molecule is CCCCNC(=O)[C@@](C)(C[C@@H](O)CC[C@@H](Cc1ccc(OCC(F)(F)F)c(OCCCOC)c1)C(C)C)NC(=O)OCCCC. The van der Waals surface area contributed by atoms with Crippen molar-refractivity contribution in [3.05, 3.63) is 23.8 Å². The molecule has 0 fully saturated rings. The zero-order valence-electron chi connectivity index (χ0n) is 27.9. The molecule has 12 heteroatoms. The Labute approximate surface area is 266 Å². The number of aliphatic hydroxyl groups is 1. The molecule has 0 saturated carbocycles. The fourth-order valence-electron chi connectivity index (χ4n) is 4.75. The van der Waals surface area contributed by atoms with Gasteiger partial charge in [0.15, 0.2) is 18.1 Å². The van der Waals surface area contributed by atoms with Gasteiger partial charge < -0.3 is 34.7 Å². The second-order valence-corrected chi connectivity index (χ2v) is 12.1. The average Bonchev–Trinajstić information content (AvgIpc) is 2.96. The van der Waals surface area contributed by atoms with Crippen molar-refractivity contribution < 1.29 is 46.8 Å². The lowest BCUT2D eigenvalue weighted by Gasteiger charge is -2.32. The van der Waals surface area contributed by atoms with Gasteiger partial charge in [-0.15, -0.1) is 0 Å². The van der Waals surface area contributed by atoms with Gasteiger partial charge in [0.05, 0.1) is 19.3 Å². The molecular formula is C33H55F3N2O7. The molecule has 2 amide bonds. The van der Waals surface area contributed by atoms with Crippen LogP contribution in [0.25, 0.3) is 0 Å². The van der Waals surface area contributed by atoms with Crippen molar-refractivity contribution in [1.82, 2.24) is 10.6 Å². The van der Waals surface area contributed by atoms with Crippen molar-refractivity contribution in [3.8, 4) is 11.5 Å². The molecule has 1 aromatic rings. The first-order chi connectivity index (χ1) is 21.2. The molecule has 0 bridgehead atoms. The Bertz CT molecular complexity index is 994. The number of hydrogen-bond acceptors (Lipinski definition) is 7. The minimum Gasteiger partial charge on any atom is -0.490 e. The first-order valence-electron chi connectivity index (χ1n) is 16.1. The fraction of sp³-hybridized carbons (Fsp3) is 0.758. The number of nitrogens with one attached hydrogen (secondary N) is 2. The van der Waals surface area contributed by atoms with Gasteiger partial charge in [0.2, 0.25) is 5.91 Å². The molecular weight excluding hydrogens is 593 g/mol. The highest BCUT2D eigenvalue weighted by Crippen LogP contribution is 2.33. The monoisotopic (exact) mass is 648 g/mol. The number of aliphatic hydroxyl groups excluding tert-OH is 1. The number of amides is 2. The highest BCUT2D eigenvalue weighted by molar-refractivity contribution is 5.89. The molecule has 3 atom stereocenters. The molecule has 0 aliphatic heterocycles. The summed E-state index contributed by atoms with van der Waals surface area (Å²) in [6.07, 6.45) is -0.673. The number of rotatable bonds is 23. The van der Waals surface area contributed by atoms with Gasteiger partial charge >= 0.3 is 12.3 Å². The van der Waals surface area contributed by atoms with Crippen LogP contribution in [0.4, 0.5) is 18.0 Å². The van der Waals surface area contributed by atoms with Gasteiger partial charge in [-0.2, -0.15) is 13.2 Å². The molecule has 1 rings (SSSR count). The van der Waals surface area contributed by atoms with E-state index in [9.17, 15) is 27.9 Å². The average molecular weight is 649 g/mol. The number of halogens is 3. The summed E-state index contributed by atoms with van der Waals surface area (Å²) in [5, 5.41) is 16.6. The Kier molecular flexibility index (Phi) is 18.9. The summed E-state index contributed by atoms with van der Waals surface area (Å²) in [5.74, 6) is 0.201. The zero-order chi connectivity index (χ0) is 33.9. The van der Waals surface area contributed by atoms with E-state index in [4.69, 9.17) is 18.9 Å². The molecule has 0 aliphatic rings. The molecule has 260 valence electrons. The molecule has 45 heavy (non-hydrogen) atoms. The molecule has 0 radical (unpaired) electrons. The van der Waals surface area contributed by atoms with E-state index in [1.165, 1.54) is 6.07 Å². The third kappa shape index (κ3) is 17.0. The smallest absolute Gasteiger partial charge is 0.422 e. The van der Waals surface area contributed by atoms with Crippen LogP contribution in [0.15, 0.2) is 18.2 Å². The number of unbranched alkanes of at least 4 members (excludes halogenated alkanes) is 2. The Morgan fingerprint density at radius 1 is 0.956 bits per heavy atom. The predicted octanol–water partition coefficient (Wildman–Crippen LogP) is 6.59. The Hall–Kier alpha value is -2.73. The van der Waals surface area contributed by atoms with Crippen LogP contribution in [0.5, 0.6) is 11.5 Å². The van der Waals surface area contributed by atoms with Crippen LogP contribution in [0.1, 0.15) is 91.5 Å². The normalized spacial score (nSPS) is 14.4. The van der Waals surface area contributed by atoms with Gasteiger partial charge in [0.1, 0.15) is 5.54 Å². The van der Waals surface area contributed by atoms with E-state index < -0.39 is 30.5 Å². The lowest BCUT2D eigenvalue weighted by atomic mass is 9.83. The lowest BCUT2D eigenvalue weighted by molar-refractivity contribution is -0.153. The summed E-state index contributed by atoms with van der Waals surface area (Å²) in [5.41, 5.74) is -0.508. The minimum atomic E-state index is -4.48. The van der Waals surface area contributed by atoms with Crippen molar-refractivity contribution >= 4 is 12.0 Å². The third-order valence-electron chi connectivity index (χ3n) is 7.53. The maximum absolute atomic E-state index is 13.1. The maximum atomic E-state index is 13.1. The van der Waals surface area contributed by atoms with Crippen molar-refractivity contribution in [2.45, 2.75) is 110 Å². The quantitative estimate of drug-likeness (QED) is 0.115. The zero-order valence-corrected chi connectivity index (χ0v) is 27.9. The summed E-state index contributed by atoms with van der Waals surface area (Å²) in [6.45, 7) is 9.70. The first kappa shape index (κ1) is 40.3. The summed E-state index contributed by atoms with van der Waals surface area (Å²) >= 11 is 0. The number of carbonyl (C=O) groups is 2. The van der Waals surface area contributed by atoms with E-state index >= 15 is 0 Å². The van der Waals surface area contributed by atoms with Crippen molar-refractivity contribution in [2.24, 2.45) is 11.8 Å². The fourth-order valence-corrected chi connectivity index (χ4v) is 4.75. The van der Waals surface area contributed by atoms with Gasteiger partial charge in [-0.25, -0.2) is 4.79 Å². The molecule has 0 spiro atoms. The van der Waals surface area contributed by atoms with Crippen LogP contribution in [-0.4, -0.2) is 75.0 Å². The number of ether oxygens (including phenoxy) is 4. The number of alkyl carbamates (subject to hydrolysis) is 1. The Balaban J connectivity index is 2.98. The summed E-state index contributed by atoms with van der Waals surface area (Å²) < 4.78 is 59.4. The van der Waals surface area contributed by atoms with E-state index in [1.807, 2.05) is 13.8 Å². The van der Waals surface area contributed by atoms with Crippen LogP contribution < -0.4 is 20.1 Å². The van der Waals surface area contributed by atoms with Crippen molar-refractivity contribution in [1.29, 1.82) is 0 Å². The molecule has 3 N–H and O–H groups in total. The van der Waals surface area contributed by atoms with Crippen LogP contribution in [0.3, 0.4) is 0 Å². The Morgan fingerprint density at radius 3 is 2.29 bits per heavy atom. The maximum Gasteiger partial charge on any atom is 0.422 e. The molecule has 0 saturated heterocycles. The van der Waals surface area contributed by atoms with E-state index in [0.717, 1.165) is 24.8 Å². The number of benzene rings is 1. The van der Waals surface area contributed by atoms with Crippen LogP contribution in [0.2, 0.25) is 0 Å². The van der Waals surface area contributed by atoms with E-state index in [-0.39, 0.29) is 48.9 Å². The second-order valence-electron chi connectivity index (χ2n) is 12.1. The topological polar surface area (TPSA) is 115 Å². The van der Waals surface area contributed by atoms with Gasteiger partial charge in [-0.3, -0.25) is 4.79 Å². The summed E-state index contributed by atoms with van der Waals surface area (Å²) in [4.78, 5) is 25.6. The highest BCUT2D eigenvalue weighted by Gasteiger charge is 2.37. The van der Waals surface area contributed by atoms with Crippen LogP contribution in [-0.2, 0) is 20.7 Å². The number of methoxy groups -OCH3 is 1. The van der Waals surface area contributed by atoms with Crippen molar-refractivity contribution in [2.75, 3.05) is 40.1 Å². The van der Waals surface area contributed by atoms with Crippen LogP contribution in [0, 0.1) is 11.8 Å². The van der Waals surface area contributed by atoms with Gasteiger partial charge in [0, 0.05) is 33.1 Å². The van der Waals surface area contributed by atoms with Crippen molar-refractivity contribution in [3.63, 3.8) is 0 Å². The molecule has 0 aliphatic carbocycles. The molecule has 0 heterocycles. The third-order valence-corrected chi connectivity index (χ3v) is 7.53. The van der Waals surface area contributed by atoms with Gasteiger partial charge in [-0.1, -0.05) is 46.6 Å². The largest absolute Gasteiger partial charge is 0.490 e.